The summed E-state index contributed by atoms with van der Waals surface area (Å²) in [6.45, 7) is 13.8. The van der Waals surface area contributed by atoms with Crippen molar-refractivity contribution >= 4 is 23.5 Å². The van der Waals surface area contributed by atoms with Crippen LogP contribution in [-0.2, 0) is 0 Å². The van der Waals surface area contributed by atoms with Gasteiger partial charge in [-0.2, -0.15) is 0 Å². The van der Waals surface area contributed by atoms with Crippen molar-refractivity contribution in [2.24, 2.45) is 10.4 Å². The lowest BCUT2D eigenvalue weighted by molar-refractivity contribution is 0.0712. The van der Waals surface area contributed by atoms with Crippen LogP contribution in [-0.4, -0.2) is 66.2 Å². The molecule has 260 valence electrons. The van der Waals surface area contributed by atoms with E-state index in [2.05, 4.69) is 32.7 Å². The fourth-order valence-corrected chi connectivity index (χ4v) is 5.79. The third kappa shape index (κ3) is 8.37. The first-order chi connectivity index (χ1) is 22.7. The van der Waals surface area contributed by atoms with Crippen LogP contribution in [0.2, 0.25) is 0 Å². The number of carbonyl (C=O) groups is 1. The smallest absolute Gasteiger partial charge is 0.256 e. The third-order valence-corrected chi connectivity index (χ3v) is 8.30. The van der Waals surface area contributed by atoms with Crippen molar-refractivity contribution in [3.63, 3.8) is 0 Å². The number of hydrogen-bond donors (Lipinski definition) is 3. The highest BCUT2D eigenvalue weighted by Gasteiger charge is 2.41. The SMILES string of the molecule is CCCC(C)(C)COc1ccc(Oc2cc(O)c(O)c(OC)c2)c(N)c1.COc1cc2c(cc1OC(C)C)N=CC1(C)CCCN1C2=O. The van der Waals surface area contributed by atoms with E-state index in [0.29, 0.717) is 52.3 Å². The fourth-order valence-electron chi connectivity index (χ4n) is 5.79. The van der Waals surface area contributed by atoms with E-state index in [0.717, 1.165) is 32.2 Å². The Bertz CT molecular complexity index is 1640. The van der Waals surface area contributed by atoms with Gasteiger partial charge in [-0.1, -0.05) is 27.2 Å². The summed E-state index contributed by atoms with van der Waals surface area (Å²) in [5.41, 5.74) is 7.50. The van der Waals surface area contributed by atoms with Gasteiger partial charge in [0.25, 0.3) is 5.91 Å². The predicted molar refractivity (Wildman–Crippen MR) is 187 cm³/mol. The second kappa shape index (κ2) is 15.0. The van der Waals surface area contributed by atoms with Gasteiger partial charge < -0.3 is 44.5 Å². The summed E-state index contributed by atoms with van der Waals surface area (Å²) < 4.78 is 27.7. The van der Waals surface area contributed by atoms with Crippen LogP contribution in [0.4, 0.5) is 11.4 Å². The van der Waals surface area contributed by atoms with Crippen molar-refractivity contribution in [3.05, 3.63) is 48.0 Å². The molecule has 5 rings (SSSR count). The lowest BCUT2D eigenvalue weighted by atomic mass is 9.89. The van der Waals surface area contributed by atoms with Crippen LogP contribution in [0.25, 0.3) is 0 Å². The number of aliphatic imine (C=N–C) groups is 1. The number of aromatic hydroxyl groups is 2. The van der Waals surface area contributed by atoms with Crippen LogP contribution < -0.4 is 29.4 Å². The number of phenolic OH excluding ortho intramolecular Hbond substituents is 2. The molecule has 2 aliphatic heterocycles. The number of nitrogen functional groups attached to an aromatic ring is 1. The highest BCUT2D eigenvalue weighted by Crippen LogP contribution is 2.42. The van der Waals surface area contributed by atoms with Crippen LogP contribution in [0.1, 0.15) is 77.6 Å². The van der Waals surface area contributed by atoms with Crippen LogP contribution >= 0.6 is 0 Å². The van der Waals surface area contributed by atoms with Crippen molar-refractivity contribution in [2.45, 2.75) is 78.9 Å². The lowest BCUT2D eigenvalue weighted by Gasteiger charge is -2.30. The number of nitrogens with two attached hydrogens (primary N) is 1. The van der Waals surface area contributed by atoms with Crippen molar-refractivity contribution in [3.8, 4) is 46.0 Å². The molecule has 11 nitrogen and oxygen atoms in total. The fraction of sp³-hybridized carbons (Fsp3) is 0.459. The molecule has 4 N–H and O–H groups in total. The second-order valence-corrected chi connectivity index (χ2v) is 13.4. The van der Waals surface area contributed by atoms with E-state index in [1.807, 2.05) is 25.0 Å². The first-order valence-electron chi connectivity index (χ1n) is 16.3. The van der Waals surface area contributed by atoms with Gasteiger partial charge in [-0.3, -0.25) is 9.79 Å². The minimum atomic E-state index is -0.341. The molecule has 2 aliphatic rings. The molecule has 1 fully saturated rings. The molecule has 0 saturated carbocycles. The Balaban J connectivity index is 0.000000219. The Morgan fingerprint density at radius 3 is 2.38 bits per heavy atom. The van der Waals surface area contributed by atoms with E-state index in [1.165, 1.54) is 19.2 Å². The number of rotatable bonds is 11. The summed E-state index contributed by atoms with van der Waals surface area (Å²) in [6.07, 6.45) is 6.07. The van der Waals surface area contributed by atoms with Gasteiger partial charge in [-0.15, -0.1) is 0 Å². The molecule has 0 bridgehead atoms. The number of amides is 1. The summed E-state index contributed by atoms with van der Waals surface area (Å²) in [5.74, 6) is 2.01. The van der Waals surface area contributed by atoms with Crippen molar-refractivity contribution in [2.75, 3.05) is 33.1 Å². The molecule has 1 saturated heterocycles. The van der Waals surface area contributed by atoms with Crippen LogP contribution in [0.5, 0.6) is 46.0 Å². The van der Waals surface area contributed by atoms with E-state index in [9.17, 15) is 15.0 Å². The van der Waals surface area contributed by atoms with Crippen LogP contribution in [0, 0.1) is 5.41 Å². The Hall–Kier alpha value is -4.80. The minimum Gasteiger partial charge on any atom is -0.504 e. The van der Waals surface area contributed by atoms with E-state index < -0.39 is 0 Å². The molecule has 48 heavy (non-hydrogen) atoms. The minimum absolute atomic E-state index is 0.0156. The monoisotopic (exact) mass is 663 g/mol. The number of hydrogen-bond acceptors (Lipinski definition) is 10. The first kappa shape index (κ1) is 36.0. The van der Waals surface area contributed by atoms with Crippen molar-refractivity contribution < 1.29 is 38.7 Å². The van der Waals surface area contributed by atoms with Gasteiger partial charge >= 0.3 is 0 Å². The number of ether oxygens (including phenoxy) is 5. The molecule has 2 heterocycles. The van der Waals surface area contributed by atoms with Gasteiger partial charge in [-0.25, -0.2) is 0 Å². The van der Waals surface area contributed by atoms with Gasteiger partial charge in [0.05, 0.1) is 49.4 Å². The summed E-state index contributed by atoms with van der Waals surface area (Å²) in [7, 11) is 2.97. The zero-order valence-corrected chi connectivity index (χ0v) is 29.3. The molecular formula is C37H49N3O8. The predicted octanol–water partition coefficient (Wildman–Crippen LogP) is 7.88. The number of methoxy groups -OCH3 is 2. The summed E-state index contributed by atoms with van der Waals surface area (Å²) in [4.78, 5) is 19.4. The quantitative estimate of drug-likeness (QED) is 0.138. The molecule has 0 spiro atoms. The lowest BCUT2D eigenvalue weighted by Crippen LogP contribution is -2.45. The number of fused-ring (bicyclic) bond motifs is 2. The number of nitrogens with zero attached hydrogens (tertiary/aromatic N) is 2. The Labute approximate surface area is 283 Å². The van der Waals surface area contributed by atoms with E-state index >= 15 is 0 Å². The Morgan fingerprint density at radius 2 is 1.73 bits per heavy atom. The van der Waals surface area contributed by atoms with E-state index in [4.69, 9.17) is 29.4 Å². The molecular weight excluding hydrogens is 614 g/mol. The second-order valence-electron chi connectivity index (χ2n) is 13.4. The highest BCUT2D eigenvalue weighted by atomic mass is 16.5. The van der Waals surface area contributed by atoms with Gasteiger partial charge in [0.1, 0.15) is 11.5 Å². The Kier molecular flexibility index (Phi) is 11.2. The normalized spacial score (nSPS) is 16.8. The van der Waals surface area contributed by atoms with Crippen molar-refractivity contribution in [1.29, 1.82) is 0 Å². The summed E-state index contributed by atoms with van der Waals surface area (Å²) in [6, 6.07) is 11.5. The molecule has 1 unspecified atom stereocenters. The summed E-state index contributed by atoms with van der Waals surface area (Å²) >= 11 is 0. The number of benzene rings is 3. The van der Waals surface area contributed by atoms with E-state index in [1.54, 1.807) is 37.4 Å². The standard InChI is InChI=1S/C20H27NO5.C17H22N2O3/c1-5-8-20(2,3)12-25-13-6-7-17(15(21)9-13)26-14-10-16(22)19(23)18(11-14)24-4;1-11(2)22-15-9-13-12(8-14(15)21-4)16(20)19-7-5-6-17(19,3)10-18-13/h6-7,9-11,22-23H,5,8,12,21H2,1-4H3;8-11H,5-7H2,1-4H3. The molecule has 1 atom stereocenters. The maximum atomic E-state index is 12.9. The van der Waals surface area contributed by atoms with Crippen LogP contribution in [0.15, 0.2) is 47.5 Å². The molecule has 11 heteroatoms. The molecule has 0 radical (unpaired) electrons. The van der Waals surface area contributed by atoms with Gasteiger partial charge in [0.15, 0.2) is 28.7 Å². The Morgan fingerprint density at radius 1 is 1.00 bits per heavy atom. The largest absolute Gasteiger partial charge is 0.504 e. The number of anilines is 1. The van der Waals surface area contributed by atoms with Crippen molar-refractivity contribution in [1.82, 2.24) is 4.90 Å². The molecule has 0 aromatic heterocycles. The van der Waals surface area contributed by atoms with E-state index in [-0.39, 0.29) is 40.2 Å². The van der Waals surface area contributed by atoms with Gasteiger partial charge in [0.2, 0.25) is 5.75 Å². The zero-order valence-electron chi connectivity index (χ0n) is 29.3. The molecule has 1 amide bonds. The maximum absolute atomic E-state index is 12.9. The molecule has 3 aromatic rings. The number of carbonyl (C=O) groups excluding carboxylic acids is 1. The molecule has 0 aliphatic carbocycles. The highest BCUT2D eigenvalue weighted by molar-refractivity contribution is 6.04. The average molecular weight is 664 g/mol. The zero-order chi connectivity index (χ0) is 35.2. The third-order valence-electron chi connectivity index (χ3n) is 8.30. The van der Waals surface area contributed by atoms with Gasteiger partial charge in [-0.05, 0) is 63.6 Å². The number of phenols is 2. The summed E-state index contributed by atoms with van der Waals surface area (Å²) in [5, 5.41) is 19.4. The maximum Gasteiger partial charge on any atom is 0.256 e. The topological polar surface area (TPSA) is 145 Å². The first-order valence-corrected chi connectivity index (χ1v) is 16.3. The van der Waals surface area contributed by atoms with Crippen LogP contribution in [0.3, 0.4) is 0 Å². The van der Waals surface area contributed by atoms with Gasteiger partial charge in [0, 0.05) is 37.0 Å². The average Bonchev–Trinajstić information content (AvgIpc) is 3.39. The molecule has 3 aromatic carbocycles.